The third-order valence-corrected chi connectivity index (χ3v) is 5.48. The van der Waals surface area contributed by atoms with Crippen LogP contribution in [0.5, 0.6) is 0 Å². The predicted octanol–water partition coefficient (Wildman–Crippen LogP) is 2.20. The number of rotatable bonds is 1. The molecule has 1 atom stereocenters. The topological polar surface area (TPSA) is 51.4 Å². The number of hydrogen-bond donors (Lipinski definition) is 0. The normalized spacial score (nSPS) is 22.7. The highest BCUT2D eigenvalue weighted by Crippen LogP contribution is 2.32. The minimum absolute atomic E-state index is 0.0446. The molecule has 3 heterocycles. The molecule has 0 bridgehead atoms. The number of aryl methyl sites for hydroxylation is 1. The summed E-state index contributed by atoms with van der Waals surface area (Å²) in [6, 6.07) is 3.89. The summed E-state index contributed by atoms with van der Waals surface area (Å²) in [5, 5.41) is 0.451. The Labute approximate surface area is 111 Å². The molecule has 1 saturated heterocycles. The van der Waals surface area contributed by atoms with E-state index < -0.39 is 9.84 Å². The largest absolute Gasteiger partial charge is 0.302 e. The monoisotopic (exact) mass is 284 g/mol. The maximum atomic E-state index is 11.6. The lowest BCUT2D eigenvalue weighted by atomic mass is 10.1. The first kappa shape index (κ1) is 12.0. The SMILES string of the molecule is Cc1cccn2c(C3CCS(=O)(=O)C3)nc(Cl)c12. The summed E-state index contributed by atoms with van der Waals surface area (Å²) in [6.45, 7) is 1.97. The van der Waals surface area contributed by atoms with Crippen molar-refractivity contribution in [2.24, 2.45) is 0 Å². The number of pyridine rings is 1. The van der Waals surface area contributed by atoms with Gasteiger partial charge in [0.15, 0.2) is 15.0 Å². The lowest BCUT2D eigenvalue weighted by molar-refractivity contribution is 0.601. The van der Waals surface area contributed by atoms with Crippen LogP contribution in [-0.2, 0) is 9.84 Å². The van der Waals surface area contributed by atoms with Gasteiger partial charge in [0.2, 0.25) is 0 Å². The number of halogens is 1. The van der Waals surface area contributed by atoms with E-state index in [0.29, 0.717) is 11.6 Å². The van der Waals surface area contributed by atoms with Crippen LogP contribution in [-0.4, -0.2) is 29.3 Å². The van der Waals surface area contributed by atoms with Crippen LogP contribution in [0.2, 0.25) is 5.15 Å². The molecule has 0 aliphatic carbocycles. The fraction of sp³-hybridized carbons (Fsp3) is 0.417. The van der Waals surface area contributed by atoms with E-state index in [1.165, 1.54) is 0 Å². The zero-order valence-electron chi connectivity index (χ0n) is 9.93. The van der Waals surface area contributed by atoms with Crippen molar-refractivity contribution in [2.45, 2.75) is 19.3 Å². The summed E-state index contributed by atoms with van der Waals surface area (Å²) in [6.07, 6.45) is 2.52. The Balaban J connectivity index is 2.17. The summed E-state index contributed by atoms with van der Waals surface area (Å²) in [5.41, 5.74) is 1.92. The van der Waals surface area contributed by atoms with Gasteiger partial charge in [-0.05, 0) is 25.0 Å². The molecule has 3 rings (SSSR count). The first-order valence-electron chi connectivity index (χ1n) is 5.81. The molecule has 0 N–H and O–H groups in total. The van der Waals surface area contributed by atoms with Crippen LogP contribution in [0.4, 0.5) is 0 Å². The quantitative estimate of drug-likeness (QED) is 0.807. The summed E-state index contributed by atoms with van der Waals surface area (Å²) < 4.78 is 25.0. The second kappa shape index (κ2) is 3.96. The molecule has 18 heavy (non-hydrogen) atoms. The van der Waals surface area contributed by atoms with Gasteiger partial charge >= 0.3 is 0 Å². The van der Waals surface area contributed by atoms with E-state index in [1.807, 2.05) is 29.7 Å². The van der Waals surface area contributed by atoms with Gasteiger partial charge in [-0.2, -0.15) is 0 Å². The van der Waals surface area contributed by atoms with Crippen LogP contribution in [0.25, 0.3) is 5.52 Å². The second-order valence-electron chi connectivity index (χ2n) is 4.77. The number of aromatic nitrogens is 2. The van der Waals surface area contributed by atoms with E-state index in [-0.39, 0.29) is 17.4 Å². The molecule has 2 aromatic rings. The predicted molar refractivity (Wildman–Crippen MR) is 71.0 cm³/mol. The number of fused-ring (bicyclic) bond motifs is 1. The molecule has 6 heteroatoms. The number of hydrogen-bond acceptors (Lipinski definition) is 3. The molecule has 1 aliphatic heterocycles. The fourth-order valence-electron chi connectivity index (χ4n) is 2.56. The van der Waals surface area contributed by atoms with Gasteiger partial charge in [0, 0.05) is 12.1 Å². The minimum atomic E-state index is -2.91. The van der Waals surface area contributed by atoms with E-state index in [4.69, 9.17) is 11.6 Å². The summed E-state index contributed by atoms with van der Waals surface area (Å²) in [7, 11) is -2.91. The van der Waals surface area contributed by atoms with Crippen molar-refractivity contribution in [3.63, 3.8) is 0 Å². The van der Waals surface area contributed by atoms with Crippen molar-refractivity contribution >= 4 is 27.0 Å². The fourth-order valence-corrected chi connectivity index (χ4v) is 4.63. The van der Waals surface area contributed by atoms with Crippen molar-refractivity contribution in [1.29, 1.82) is 0 Å². The van der Waals surface area contributed by atoms with Crippen molar-refractivity contribution in [2.75, 3.05) is 11.5 Å². The van der Waals surface area contributed by atoms with Crippen LogP contribution in [0.1, 0.15) is 23.7 Å². The summed E-state index contributed by atoms with van der Waals surface area (Å²) >= 11 is 6.15. The molecule has 0 spiro atoms. The van der Waals surface area contributed by atoms with Crippen molar-refractivity contribution in [3.05, 3.63) is 34.9 Å². The van der Waals surface area contributed by atoms with Crippen LogP contribution in [0, 0.1) is 6.92 Å². The maximum Gasteiger partial charge on any atom is 0.155 e. The Hall–Kier alpha value is -1.07. The van der Waals surface area contributed by atoms with Crippen molar-refractivity contribution in [3.8, 4) is 0 Å². The van der Waals surface area contributed by atoms with Gasteiger partial charge in [-0.3, -0.25) is 0 Å². The Morgan fingerprint density at radius 2 is 2.28 bits per heavy atom. The van der Waals surface area contributed by atoms with Gasteiger partial charge in [0.05, 0.1) is 17.0 Å². The molecule has 1 unspecified atom stereocenters. The minimum Gasteiger partial charge on any atom is -0.302 e. The molecule has 0 saturated carbocycles. The summed E-state index contributed by atoms with van der Waals surface area (Å²) in [5.74, 6) is 1.14. The molecule has 2 aromatic heterocycles. The van der Waals surface area contributed by atoms with E-state index in [1.54, 1.807) is 0 Å². The molecule has 96 valence electrons. The lowest BCUT2D eigenvalue weighted by Crippen LogP contribution is -2.07. The average molecular weight is 285 g/mol. The third kappa shape index (κ3) is 1.82. The van der Waals surface area contributed by atoms with Gasteiger partial charge in [-0.25, -0.2) is 13.4 Å². The Bertz CT molecular complexity index is 721. The highest BCUT2D eigenvalue weighted by Gasteiger charge is 2.32. The van der Waals surface area contributed by atoms with Crippen molar-refractivity contribution in [1.82, 2.24) is 9.38 Å². The molecule has 1 fully saturated rings. The van der Waals surface area contributed by atoms with E-state index in [2.05, 4.69) is 4.98 Å². The highest BCUT2D eigenvalue weighted by atomic mass is 35.5. The Morgan fingerprint density at radius 3 is 2.94 bits per heavy atom. The van der Waals surface area contributed by atoms with E-state index in [0.717, 1.165) is 16.9 Å². The molecule has 0 aromatic carbocycles. The highest BCUT2D eigenvalue weighted by molar-refractivity contribution is 7.91. The number of nitrogens with zero attached hydrogens (tertiary/aromatic N) is 2. The summed E-state index contributed by atoms with van der Waals surface area (Å²) in [4.78, 5) is 4.36. The molecular formula is C12H13ClN2O2S. The lowest BCUT2D eigenvalue weighted by Gasteiger charge is -2.07. The molecule has 1 aliphatic rings. The maximum absolute atomic E-state index is 11.6. The Kier molecular flexibility index (Phi) is 2.64. The zero-order valence-corrected chi connectivity index (χ0v) is 11.5. The molecular weight excluding hydrogens is 272 g/mol. The van der Waals surface area contributed by atoms with Gasteiger partial charge in [0.25, 0.3) is 0 Å². The van der Waals surface area contributed by atoms with Crippen molar-refractivity contribution < 1.29 is 8.42 Å². The molecule has 4 nitrogen and oxygen atoms in total. The Morgan fingerprint density at radius 1 is 1.50 bits per heavy atom. The number of imidazole rings is 1. The molecule has 0 radical (unpaired) electrons. The van der Waals surface area contributed by atoms with E-state index in [9.17, 15) is 8.42 Å². The van der Waals surface area contributed by atoms with E-state index >= 15 is 0 Å². The van der Waals surface area contributed by atoms with Crippen LogP contribution in [0.15, 0.2) is 18.3 Å². The van der Waals surface area contributed by atoms with Gasteiger partial charge in [-0.1, -0.05) is 17.7 Å². The van der Waals surface area contributed by atoms with Crippen LogP contribution >= 0.6 is 11.6 Å². The van der Waals surface area contributed by atoms with Gasteiger partial charge in [0.1, 0.15) is 5.82 Å². The van der Waals surface area contributed by atoms with Gasteiger partial charge < -0.3 is 4.40 Å². The van der Waals surface area contributed by atoms with Gasteiger partial charge in [-0.15, -0.1) is 0 Å². The van der Waals surface area contributed by atoms with Crippen LogP contribution in [0.3, 0.4) is 0 Å². The zero-order chi connectivity index (χ0) is 12.9. The number of sulfone groups is 1. The first-order valence-corrected chi connectivity index (χ1v) is 8.01. The standard InChI is InChI=1S/C12H13ClN2O2S/c1-8-3-2-5-15-10(8)11(13)14-12(15)9-4-6-18(16,17)7-9/h2-3,5,9H,4,6-7H2,1H3. The van der Waals surface area contributed by atoms with Crippen LogP contribution < -0.4 is 0 Å². The second-order valence-corrected chi connectivity index (χ2v) is 7.36. The average Bonchev–Trinajstić information content (AvgIpc) is 2.81. The third-order valence-electron chi connectivity index (χ3n) is 3.45. The smallest absolute Gasteiger partial charge is 0.155 e. The molecule has 0 amide bonds. The first-order chi connectivity index (χ1) is 8.48.